The van der Waals surface area contributed by atoms with Crippen LogP contribution in [-0.4, -0.2) is 31.5 Å². The minimum atomic E-state index is 0.0506. The first-order chi connectivity index (χ1) is 13.7. The standard InChI is InChI=1S/C23H34N2O3/c1-28-21-13-7-17(8-14-21)15-16-24-22(26)18-9-11-19(12-10-18)23(27)25-20-5-3-2-4-6-20/h7-8,13-14,18-20H,2-6,9-12,15-16H2,1H3,(H,24,26)(H,25,27). The fourth-order valence-electron chi connectivity index (χ4n) is 4.45. The molecule has 0 aliphatic heterocycles. The van der Waals surface area contributed by atoms with Crippen LogP contribution in [0.1, 0.15) is 63.4 Å². The lowest BCUT2D eigenvalue weighted by molar-refractivity contribution is -0.131. The van der Waals surface area contributed by atoms with Crippen molar-refractivity contribution >= 4 is 11.8 Å². The van der Waals surface area contributed by atoms with E-state index in [0.717, 1.165) is 50.7 Å². The maximum absolute atomic E-state index is 12.5. The average Bonchev–Trinajstić information content (AvgIpc) is 2.75. The molecule has 3 rings (SSSR count). The van der Waals surface area contributed by atoms with Crippen LogP contribution in [0.25, 0.3) is 0 Å². The van der Waals surface area contributed by atoms with Gasteiger partial charge in [0, 0.05) is 24.4 Å². The van der Waals surface area contributed by atoms with Gasteiger partial charge < -0.3 is 15.4 Å². The molecule has 2 amide bonds. The average molecular weight is 387 g/mol. The molecule has 2 N–H and O–H groups in total. The molecular formula is C23H34N2O3. The Hall–Kier alpha value is -2.04. The molecular weight excluding hydrogens is 352 g/mol. The summed E-state index contributed by atoms with van der Waals surface area (Å²) in [6.07, 6.45) is 10.1. The first-order valence-electron chi connectivity index (χ1n) is 10.9. The zero-order valence-corrected chi connectivity index (χ0v) is 17.0. The van der Waals surface area contributed by atoms with Crippen LogP contribution >= 0.6 is 0 Å². The molecule has 154 valence electrons. The van der Waals surface area contributed by atoms with E-state index in [9.17, 15) is 9.59 Å². The number of methoxy groups -OCH3 is 1. The molecule has 0 aromatic heterocycles. The summed E-state index contributed by atoms with van der Waals surface area (Å²) < 4.78 is 5.16. The van der Waals surface area contributed by atoms with Crippen LogP contribution in [0, 0.1) is 11.8 Å². The van der Waals surface area contributed by atoms with Crippen LogP contribution in [0.15, 0.2) is 24.3 Å². The summed E-state index contributed by atoms with van der Waals surface area (Å²) in [4.78, 5) is 24.9. The Balaban J connectivity index is 1.34. The van der Waals surface area contributed by atoms with Gasteiger partial charge in [0.2, 0.25) is 11.8 Å². The highest BCUT2D eigenvalue weighted by atomic mass is 16.5. The minimum absolute atomic E-state index is 0.0506. The highest BCUT2D eigenvalue weighted by molar-refractivity contribution is 5.81. The van der Waals surface area contributed by atoms with Crippen molar-refractivity contribution < 1.29 is 14.3 Å². The Kier molecular flexibility index (Phi) is 7.75. The molecule has 5 heteroatoms. The molecule has 0 atom stereocenters. The van der Waals surface area contributed by atoms with Crippen molar-refractivity contribution in [2.45, 2.75) is 70.3 Å². The monoisotopic (exact) mass is 386 g/mol. The summed E-state index contributed by atoms with van der Waals surface area (Å²) >= 11 is 0. The van der Waals surface area contributed by atoms with Crippen LogP contribution in [-0.2, 0) is 16.0 Å². The van der Waals surface area contributed by atoms with E-state index in [4.69, 9.17) is 4.74 Å². The molecule has 0 saturated heterocycles. The molecule has 2 fully saturated rings. The van der Waals surface area contributed by atoms with Crippen LogP contribution in [0.4, 0.5) is 0 Å². The zero-order valence-electron chi connectivity index (χ0n) is 17.0. The Morgan fingerprint density at radius 1 is 0.893 bits per heavy atom. The fourth-order valence-corrected chi connectivity index (χ4v) is 4.45. The van der Waals surface area contributed by atoms with Gasteiger partial charge in [-0.05, 0) is 62.6 Å². The lowest BCUT2D eigenvalue weighted by atomic mass is 9.81. The van der Waals surface area contributed by atoms with E-state index >= 15 is 0 Å². The Labute approximate surface area is 168 Å². The Morgan fingerprint density at radius 2 is 1.50 bits per heavy atom. The molecule has 0 heterocycles. The third-order valence-corrected chi connectivity index (χ3v) is 6.29. The van der Waals surface area contributed by atoms with Crippen molar-refractivity contribution in [3.63, 3.8) is 0 Å². The Bertz CT molecular complexity index is 630. The molecule has 2 aliphatic rings. The van der Waals surface area contributed by atoms with Crippen molar-refractivity contribution in [3.8, 4) is 5.75 Å². The fraction of sp³-hybridized carbons (Fsp3) is 0.652. The van der Waals surface area contributed by atoms with E-state index in [1.165, 1.54) is 24.8 Å². The number of carbonyl (C=O) groups is 2. The largest absolute Gasteiger partial charge is 0.497 e. The molecule has 0 bridgehead atoms. The van der Waals surface area contributed by atoms with Crippen LogP contribution in [0.5, 0.6) is 5.75 Å². The van der Waals surface area contributed by atoms with Crippen molar-refractivity contribution in [2.24, 2.45) is 11.8 Å². The molecule has 0 unspecified atom stereocenters. The normalized spacial score (nSPS) is 23.0. The number of hydrogen-bond acceptors (Lipinski definition) is 3. The number of ether oxygens (including phenoxy) is 1. The van der Waals surface area contributed by atoms with E-state index in [1.54, 1.807) is 7.11 Å². The van der Waals surface area contributed by atoms with E-state index < -0.39 is 0 Å². The van der Waals surface area contributed by atoms with Gasteiger partial charge in [-0.25, -0.2) is 0 Å². The maximum Gasteiger partial charge on any atom is 0.223 e. The second kappa shape index (κ2) is 10.5. The summed E-state index contributed by atoms with van der Waals surface area (Å²) in [5, 5.41) is 6.31. The second-order valence-electron chi connectivity index (χ2n) is 8.28. The van der Waals surface area contributed by atoms with Gasteiger partial charge in [0.1, 0.15) is 5.75 Å². The van der Waals surface area contributed by atoms with Gasteiger partial charge in [-0.15, -0.1) is 0 Å². The number of rotatable bonds is 7. The van der Waals surface area contributed by atoms with Crippen molar-refractivity contribution in [1.29, 1.82) is 0 Å². The molecule has 2 saturated carbocycles. The van der Waals surface area contributed by atoms with Gasteiger partial charge in [0.25, 0.3) is 0 Å². The first kappa shape index (κ1) is 20.7. The molecule has 28 heavy (non-hydrogen) atoms. The van der Waals surface area contributed by atoms with Gasteiger partial charge in [-0.3, -0.25) is 9.59 Å². The molecule has 0 spiro atoms. The third-order valence-electron chi connectivity index (χ3n) is 6.29. The van der Waals surface area contributed by atoms with Gasteiger partial charge in [0.05, 0.1) is 7.11 Å². The van der Waals surface area contributed by atoms with Gasteiger partial charge >= 0.3 is 0 Å². The van der Waals surface area contributed by atoms with E-state index in [1.807, 2.05) is 24.3 Å². The molecule has 2 aliphatic carbocycles. The number of amides is 2. The summed E-state index contributed by atoms with van der Waals surface area (Å²) in [6.45, 7) is 0.646. The van der Waals surface area contributed by atoms with Gasteiger partial charge in [0.15, 0.2) is 0 Å². The van der Waals surface area contributed by atoms with Crippen molar-refractivity contribution in [2.75, 3.05) is 13.7 Å². The van der Waals surface area contributed by atoms with E-state index in [0.29, 0.717) is 12.6 Å². The van der Waals surface area contributed by atoms with Gasteiger partial charge in [-0.2, -0.15) is 0 Å². The zero-order chi connectivity index (χ0) is 19.8. The van der Waals surface area contributed by atoms with Crippen molar-refractivity contribution in [3.05, 3.63) is 29.8 Å². The molecule has 5 nitrogen and oxygen atoms in total. The van der Waals surface area contributed by atoms with Crippen LogP contribution in [0.3, 0.4) is 0 Å². The first-order valence-corrected chi connectivity index (χ1v) is 10.9. The summed E-state index contributed by atoms with van der Waals surface area (Å²) in [7, 11) is 1.66. The molecule has 1 aromatic carbocycles. The highest BCUT2D eigenvalue weighted by Crippen LogP contribution is 2.29. The van der Waals surface area contributed by atoms with Gasteiger partial charge in [-0.1, -0.05) is 31.4 Å². The molecule has 1 aromatic rings. The minimum Gasteiger partial charge on any atom is -0.497 e. The lowest BCUT2D eigenvalue weighted by Crippen LogP contribution is -2.42. The maximum atomic E-state index is 12.5. The predicted octanol–water partition coefficient (Wildman–Crippen LogP) is 3.61. The summed E-state index contributed by atoms with van der Waals surface area (Å²) in [6, 6.07) is 8.32. The van der Waals surface area contributed by atoms with E-state index in [-0.39, 0.29) is 23.7 Å². The second-order valence-corrected chi connectivity index (χ2v) is 8.28. The number of carbonyl (C=O) groups excluding carboxylic acids is 2. The predicted molar refractivity (Wildman–Crippen MR) is 110 cm³/mol. The summed E-state index contributed by atoms with van der Waals surface area (Å²) in [5.74, 6) is 1.34. The van der Waals surface area contributed by atoms with Crippen LogP contribution in [0.2, 0.25) is 0 Å². The quantitative estimate of drug-likeness (QED) is 0.752. The highest BCUT2D eigenvalue weighted by Gasteiger charge is 2.30. The number of hydrogen-bond donors (Lipinski definition) is 2. The smallest absolute Gasteiger partial charge is 0.223 e. The molecule has 0 radical (unpaired) electrons. The van der Waals surface area contributed by atoms with E-state index in [2.05, 4.69) is 10.6 Å². The number of nitrogens with one attached hydrogen (secondary N) is 2. The SMILES string of the molecule is COc1ccc(CCNC(=O)C2CCC(C(=O)NC3CCCCC3)CC2)cc1. The third kappa shape index (κ3) is 5.98. The lowest BCUT2D eigenvalue weighted by Gasteiger charge is -2.29. The van der Waals surface area contributed by atoms with Crippen molar-refractivity contribution in [1.82, 2.24) is 10.6 Å². The Morgan fingerprint density at radius 3 is 2.11 bits per heavy atom. The summed E-state index contributed by atoms with van der Waals surface area (Å²) in [5.41, 5.74) is 1.18. The number of benzene rings is 1. The topological polar surface area (TPSA) is 67.4 Å². The van der Waals surface area contributed by atoms with Crippen LogP contribution < -0.4 is 15.4 Å².